The highest BCUT2D eigenvalue weighted by Gasteiger charge is 2.20. The van der Waals surface area contributed by atoms with Gasteiger partial charge in [-0.25, -0.2) is 9.97 Å². The molecule has 0 atom stereocenters. The predicted molar refractivity (Wildman–Crippen MR) is 75.9 cm³/mol. The van der Waals surface area contributed by atoms with Gasteiger partial charge in [0.15, 0.2) is 0 Å². The minimum atomic E-state index is 0.450. The SMILES string of the molecule is CC(C)c1nc(Cc2ccccc2)nc2c1CNC2. The van der Waals surface area contributed by atoms with Gasteiger partial charge in [0.2, 0.25) is 0 Å². The Balaban J connectivity index is 1.97. The fourth-order valence-electron chi connectivity index (χ4n) is 2.58. The molecular weight excluding hydrogens is 234 g/mol. The molecule has 1 aliphatic heterocycles. The molecule has 2 heterocycles. The van der Waals surface area contributed by atoms with Gasteiger partial charge in [-0.2, -0.15) is 0 Å². The monoisotopic (exact) mass is 253 g/mol. The molecule has 3 heteroatoms. The molecular formula is C16H19N3. The van der Waals surface area contributed by atoms with E-state index in [4.69, 9.17) is 9.97 Å². The molecule has 3 rings (SSSR count). The van der Waals surface area contributed by atoms with Crippen molar-refractivity contribution >= 4 is 0 Å². The van der Waals surface area contributed by atoms with Crippen molar-refractivity contribution in [3.8, 4) is 0 Å². The minimum absolute atomic E-state index is 0.450. The van der Waals surface area contributed by atoms with Gasteiger partial charge in [0.25, 0.3) is 0 Å². The van der Waals surface area contributed by atoms with E-state index in [1.54, 1.807) is 0 Å². The number of benzene rings is 1. The van der Waals surface area contributed by atoms with E-state index in [1.165, 1.54) is 22.5 Å². The first-order chi connectivity index (χ1) is 9.24. The zero-order valence-electron chi connectivity index (χ0n) is 11.5. The van der Waals surface area contributed by atoms with E-state index in [-0.39, 0.29) is 0 Å². The Morgan fingerprint density at radius 2 is 1.89 bits per heavy atom. The third-order valence-electron chi connectivity index (χ3n) is 3.52. The molecule has 0 unspecified atom stereocenters. The van der Waals surface area contributed by atoms with Gasteiger partial charge in [-0.15, -0.1) is 0 Å². The highest BCUT2D eigenvalue weighted by atomic mass is 15.0. The van der Waals surface area contributed by atoms with Crippen molar-refractivity contribution in [3.05, 3.63) is 58.7 Å². The maximum Gasteiger partial charge on any atom is 0.133 e. The molecule has 1 aromatic carbocycles. The number of nitrogens with one attached hydrogen (secondary N) is 1. The predicted octanol–water partition coefficient (Wildman–Crippen LogP) is 2.79. The molecule has 1 aromatic heterocycles. The molecule has 98 valence electrons. The van der Waals surface area contributed by atoms with Crippen LogP contribution < -0.4 is 5.32 Å². The third-order valence-corrected chi connectivity index (χ3v) is 3.52. The standard InChI is InChI=1S/C16H19N3/c1-11(2)16-13-9-17-10-14(13)18-15(19-16)8-12-6-4-3-5-7-12/h3-7,11,17H,8-10H2,1-2H3. The molecule has 0 spiro atoms. The van der Waals surface area contributed by atoms with Crippen LogP contribution in [0.1, 0.15) is 48.1 Å². The Hall–Kier alpha value is -1.74. The van der Waals surface area contributed by atoms with Gasteiger partial charge in [0.1, 0.15) is 5.82 Å². The summed E-state index contributed by atoms with van der Waals surface area (Å²) in [6.07, 6.45) is 0.813. The molecule has 1 N–H and O–H groups in total. The molecule has 19 heavy (non-hydrogen) atoms. The maximum absolute atomic E-state index is 4.79. The molecule has 0 fully saturated rings. The van der Waals surface area contributed by atoms with Crippen LogP contribution in [0.2, 0.25) is 0 Å². The normalized spacial score (nSPS) is 13.8. The average Bonchev–Trinajstić information content (AvgIpc) is 2.87. The topological polar surface area (TPSA) is 37.8 Å². The van der Waals surface area contributed by atoms with Crippen molar-refractivity contribution in [2.24, 2.45) is 0 Å². The summed E-state index contributed by atoms with van der Waals surface area (Å²) >= 11 is 0. The van der Waals surface area contributed by atoms with Crippen LogP contribution in [-0.4, -0.2) is 9.97 Å². The van der Waals surface area contributed by atoms with Crippen LogP contribution in [0, 0.1) is 0 Å². The lowest BCUT2D eigenvalue weighted by Crippen LogP contribution is -2.08. The van der Waals surface area contributed by atoms with Crippen LogP contribution in [0.15, 0.2) is 30.3 Å². The first-order valence-corrected chi connectivity index (χ1v) is 6.87. The van der Waals surface area contributed by atoms with Crippen molar-refractivity contribution in [3.63, 3.8) is 0 Å². The van der Waals surface area contributed by atoms with E-state index in [0.717, 1.165) is 25.3 Å². The van der Waals surface area contributed by atoms with Crippen LogP contribution in [0.3, 0.4) is 0 Å². The largest absolute Gasteiger partial charge is 0.307 e. The highest BCUT2D eigenvalue weighted by Crippen LogP contribution is 2.24. The summed E-state index contributed by atoms with van der Waals surface area (Å²) in [4.78, 5) is 9.51. The van der Waals surface area contributed by atoms with E-state index in [0.29, 0.717) is 5.92 Å². The van der Waals surface area contributed by atoms with Gasteiger partial charge in [0, 0.05) is 25.1 Å². The Morgan fingerprint density at radius 3 is 2.63 bits per heavy atom. The van der Waals surface area contributed by atoms with Crippen molar-refractivity contribution in [1.29, 1.82) is 0 Å². The summed E-state index contributed by atoms with van der Waals surface area (Å²) in [6, 6.07) is 10.4. The quantitative estimate of drug-likeness (QED) is 0.914. The van der Waals surface area contributed by atoms with Gasteiger partial charge in [-0.3, -0.25) is 0 Å². The molecule has 0 saturated carbocycles. The van der Waals surface area contributed by atoms with E-state index in [2.05, 4.69) is 43.4 Å². The Bertz CT molecular complexity index is 576. The van der Waals surface area contributed by atoms with Crippen LogP contribution in [0.5, 0.6) is 0 Å². The number of hydrogen-bond donors (Lipinski definition) is 1. The summed E-state index contributed by atoms with van der Waals surface area (Å²) < 4.78 is 0. The summed E-state index contributed by atoms with van der Waals surface area (Å²) in [5.41, 5.74) is 4.97. The van der Waals surface area contributed by atoms with Gasteiger partial charge in [0.05, 0.1) is 11.4 Å². The smallest absolute Gasteiger partial charge is 0.133 e. The van der Waals surface area contributed by atoms with Gasteiger partial charge < -0.3 is 5.32 Å². The van der Waals surface area contributed by atoms with Crippen LogP contribution >= 0.6 is 0 Å². The molecule has 0 amide bonds. The minimum Gasteiger partial charge on any atom is -0.307 e. The molecule has 2 aromatic rings. The van der Waals surface area contributed by atoms with Crippen LogP contribution in [-0.2, 0) is 19.5 Å². The Labute approximate surface area is 114 Å². The molecule has 0 bridgehead atoms. The van der Waals surface area contributed by atoms with Crippen molar-refractivity contribution < 1.29 is 0 Å². The van der Waals surface area contributed by atoms with Gasteiger partial charge >= 0.3 is 0 Å². The zero-order chi connectivity index (χ0) is 13.2. The second kappa shape index (κ2) is 5.10. The fourth-order valence-corrected chi connectivity index (χ4v) is 2.58. The first kappa shape index (κ1) is 12.3. The fraction of sp³-hybridized carbons (Fsp3) is 0.375. The lowest BCUT2D eigenvalue weighted by molar-refractivity contribution is 0.745. The van der Waals surface area contributed by atoms with E-state index in [9.17, 15) is 0 Å². The van der Waals surface area contributed by atoms with E-state index < -0.39 is 0 Å². The van der Waals surface area contributed by atoms with Crippen LogP contribution in [0.4, 0.5) is 0 Å². The summed E-state index contributed by atoms with van der Waals surface area (Å²) in [7, 11) is 0. The maximum atomic E-state index is 4.79. The van der Waals surface area contributed by atoms with Gasteiger partial charge in [-0.1, -0.05) is 44.2 Å². The Kier molecular flexibility index (Phi) is 3.30. The lowest BCUT2D eigenvalue weighted by Gasteiger charge is -2.12. The number of nitrogens with zero attached hydrogens (tertiary/aromatic N) is 2. The zero-order valence-corrected chi connectivity index (χ0v) is 11.5. The average molecular weight is 253 g/mol. The molecule has 3 nitrogen and oxygen atoms in total. The van der Waals surface area contributed by atoms with Crippen molar-refractivity contribution in [2.45, 2.75) is 39.3 Å². The lowest BCUT2D eigenvalue weighted by atomic mass is 10.0. The first-order valence-electron chi connectivity index (χ1n) is 6.87. The van der Waals surface area contributed by atoms with Gasteiger partial charge in [-0.05, 0) is 11.5 Å². The van der Waals surface area contributed by atoms with E-state index in [1.807, 2.05) is 6.07 Å². The number of aromatic nitrogens is 2. The third kappa shape index (κ3) is 2.51. The summed E-state index contributed by atoms with van der Waals surface area (Å²) in [6.45, 7) is 6.19. The molecule has 0 saturated heterocycles. The number of fused-ring (bicyclic) bond motifs is 1. The van der Waals surface area contributed by atoms with Crippen molar-refractivity contribution in [2.75, 3.05) is 0 Å². The second-order valence-corrected chi connectivity index (χ2v) is 5.37. The van der Waals surface area contributed by atoms with E-state index >= 15 is 0 Å². The highest BCUT2D eigenvalue weighted by molar-refractivity contribution is 5.32. The molecule has 1 aliphatic rings. The second-order valence-electron chi connectivity index (χ2n) is 5.37. The number of hydrogen-bond acceptors (Lipinski definition) is 3. The van der Waals surface area contributed by atoms with Crippen LogP contribution in [0.25, 0.3) is 0 Å². The summed E-state index contributed by atoms with van der Waals surface area (Å²) in [5.74, 6) is 1.39. The molecule has 0 aliphatic carbocycles. The summed E-state index contributed by atoms with van der Waals surface area (Å²) in [5, 5.41) is 3.37. The Morgan fingerprint density at radius 1 is 1.11 bits per heavy atom. The number of rotatable bonds is 3. The molecule has 0 radical (unpaired) electrons. The van der Waals surface area contributed by atoms with Crippen molar-refractivity contribution in [1.82, 2.24) is 15.3 Å².